The second-order valence-electron chi connectivity index (χ2n) is 5.29. The fourth-order valence-corrected chi connectivity index (χ4v) is 3.12. The summed E-state index contributed by atoms with van der Waals surface area (Å²) < 4.78 is 7.94. The molecule has 1 aliphatic heterocycles. The van der Waals surface area contributed by atoms with Crippen LogP contribution in [0.15, 0.2) is 18.2 Å². The van der Waals surface area contributed by atoms with Crippen molar-refractivity contribution >= 4 is 22.6 Å². The molecule has 1 fully saturated rings. The van der Waals surface area contributed by atoms with Crippen LogP contribution in [-0.2, 0) is 11.3 Å². The van der Waals surface area contributed by atoms with Gasteiger partial charge in [0.15, 0.2) is 0 Å². The van der Waals surface area contributed by atoms with Gasteiger partial charge in [0.25, 0.3) is 0 Å². The highest BCUT2D eigenvalue weighted by atomic mass is 35.5. The van der Waals surface area contributed by atoms with Crippen molar-refractivity contribution in [1.82, 2.24) is 14.9 Å². The highest BCUT2D eigenvalue weighted by Crippen LogP contribution is 2.29. The first-order chi connectivity index (χ1) is 9.74. The first-order valence-corrected chi connectivity index (χ1v) is 7.53. The van der Waals surface area contributed by atoms with Crippen LogP contribution in [0.4, 0.5) is 0 Å². The van der Waals surface area contributed by atoms with E-state index in [0.717, 1.165) is 48.1 Å². The van der Waals surface area contributed by atoms with Gasteiger partial charge in [0.1, 0.15) is 5.82 Å². The lowest BCUT2D eigenvalue weighted by Gasteiger charge is -2.18. The van der Waals surface area contributed by atoms with Crippen molar-refractivity contribution in [1.29, 1.82) is 0 Å². The molecule has 1 N–H and O–H groups in total. The van der Waals surface area contributed by atoms with Crippen molar-refractivity contribution in [3.63, 3.8) is 0 Å². The van der Waals surface area contributed by atoms with Gasteiger partial charge in [-0.2, -0.15) is 0 Å². The Bertz CT molecular complexity index is 610. The Morgan fingerprint density at radius 3 is 3.05 bits per heavy atom. The summed E-state index contributed by atoms with van der Waals surface area (Å²) in [6.45, 7) is 4.64. The lowest BCUT2D eigenvalue weighted by atomic mass is 10.0. The molecule has 1 aliphatic rings. The number of likely N-dealkylation sites (N-methyl/N-ethyl adjacent to an activating group) is 1. The van der Waals surface area contributed by atoms with Gasteiger partial charge < -0.3 is 14.6 Å². The first kappa shape index (κ1) is 13.9. The third-order valence-corrected chi connectivity index (χ3v) is 4.21. The maximum atomic E-state index is 6.09. The number of imidazole rings is 1. The Morgan fingerprint density at radius 1 is 1.45 bits per heavy atom. The van der Waals surface area contributed by atoms with Gasteiger partial charge in [0.05, 0.1) is 30.2 Å². The van der Waals surface area contributed by atoms with Crippen molar-refractivity contribution in [2.75, 3.05) is 20.3 Å². The van der Waals surface area contributed by atoms with Crippen LogP contribution >= 0.6 is 11.6 Å². The Hall–Kier alpha value is -1.10. The van der Waals surface area contributed by atoms with Crippen LogP contribution in [-0.4, -0.2) is 35.9 Å². The van der Waals surface area contributed by atoms with Crippen molar-refractivity contribution in [3.05, 3.63) is 29.0 Å². The first-order valence-electron chi connectivity index (χ1n) is 7.15. The van der Waals surface area contributed by atoms with E-state index in [1.807, 2.05) is 19.2 Å². The molecule has 0 saturated carbocycles. The minimum absolute atomic E-state index is 0.303. The summed E-state index contributed by atoms with van der Waals surface area (Å²) >= 11 is 6.09. The van der Waals surface area contributed by atoms with Crippen molar-refractivity contribution in [2.24, 2.45) is 0 Å². The lowest BCUT2D eigenvalue weighted by molar-refractivity contribution is 0.187. The minimum atomic E-state index is 0.303. The van der Waals surface area contributed by atoms with Crippen LogP contribution < -0.4 is 5.32 Å². The maximum absolute atomic E-state index is 6.09. The second-order valence-corrected chi connectivity index (χ2v) is 5.73. The fourth-order valence-electron chi connectivity index (χ4n) is 2.96. The zero-order valence-corrected chi connectivity index (χ0v) is 12.7. The number of benzene rings is 1. The zero-order chi connectivity index (χ0) is 14.1. The van der Waals surface area contributed by atoms with Gasteiger partial charge in [0.2, 0.25) is 0 Å². The number of ether oxygens (including phenoxy) is 1. The number of aryl methyl sites for hydroxylation is 1. The van der Waals surface area contributed by atoms with Crippen LogP contribution in [0.3, 0.4) is 0 Å². The van der Waals surface area contributed by atoms with Crippen molar-refractivity contribution in [2.45, 2.75) is 31.8 Å². The summed E-state index contributed by atoms with van der Waals surface area (Å²) in [7, 11) is 1.98. The Kier molecular flexibility index (Phi) is 3.96. The molecule has 0 radical (unpaired) electrons. The molecule has 108 valence electrons. The van der Waals surface area contributed by atoms with E-state index in [9.17, 15) is 0 Å². The molecule has 2 atom stereocenters. The Morgan fingerprint density at radius 2 is 2.30 bits per heavy atom. The molecule has 2 heterocycles. The molecule has 4 nitrogen and oxygen atoms in total. The summed E-state index contributed by atoms with van der Waals surface area (Å²) in [6.07, 6.45) is 1.08. The van der Waals surface area contributed by atoms with Crippen LogP contribution in [0.5, 0.6) is 0 Å². The Labute approximate surface area is 124 Å². The van der Waals surface area contributed by atoms with E-state index in [1.165, 1.54) is 0 Å². The number of rotatable bonds is 4. The van der Waals surface area contributed by atoms with E-state index in [1.54, 1.807) is 0 Å². The summed E-state index contributed by atoms with van der Waals surface area (Å²) in [5.74, 6) is 1.42. The summed E-state index contributed by atoms with van der Waals surface area (Å²) in [4.78, 5) is 4.83. The molecular formula is C15H20ClN3O. The van der Waals surface area contributed by atoms with Gasteiger partial charge in [-0.05, 0) is 31.7 Å². The van der Waals surface area contributed by atoms with E-state index in [2.05, 4.69) is 22.9 Å². The van der Waals surface area contributed by atoms with Gasteiger partial charge in [0, 0.05) is 17.6 Å². The molecule has 5 heteroatoms. The van der Waals surface area contributed by atoms with Gasteiger partial charge in [-0.25, -0.2) is 4.98 Å². The van der Waals surface area contributed by atoms with E-state index >= 15 is 0 Å². The van der Waals surface area contributed by atoms with Gasteiger partial charge in [-0.3, -0.25) is 0 Å². The fraction of sp³-hybridized carbons (Fsp3) is 0.533. The highest BCUT2D eigenvalue weighted by molar-refractivity contribution is 6.31. The molecule has 1 aromatic heterocycles. The zero-order valence-electron chi connectivity index (χ0n) is 11.9. The van der Waals surface area contributed by atoms with Gasteiger partial charge in [-0.15, -0.1) is 0 Å². The van der Waals surface area contributed by atoms with E-state index in [0.29, 0.717) is 12.0 Å². The molecule has 0 bridgehead atoms. The molecule has 0 amide bonds. The molecule has 0 spiro atoms. The molecule has 1 aromatic carbocycles. The van der Waals surface area contributed by atoms with E-state index in [4.69, 9.17) is 21.3 Å². The standard InChI is InChI=1S/C15H20ClN3O/c1-3-6-19-14-5-4-10(16)7-12(14)18-15(19)11-8-20-9-13(11)17-2/h4-5,7,11,13,17H,3,6,8-9H2,1-2H3. The van der Waals surface area contributed by atoms with Gasteiger partial charge >= 0.3 is 0 Å². The summed E-state index contributed by atoms with van der Waals surface area (Å²) in [5, 5.41) is 4.07. The average molecular weight is 294 g/mol. The number of nitrogens with zero attached hydrogens (tertiary/aromatic N) is 2. The smallest absolute Gasteiger partial charge is 0.116 e. The number of halogens is 1. The quantitative estimate of drug-likeness (QED) is 0.942. The van der Waals surface area contributed by atoms with E-state index < -0.39 is 0 Å². The third kappa shape index (κ3) is 2.32. The van der Waals surface area contributed by atoms with Crippen LogP contribution in [0, 0.1) is 0 Å². The molecule has 3 rings (SSSR count). The summed E-state index contributed by atoms with van der Waals surface area (Å²) in [6, 6.07) is 6.27. The predicted octanol–water partition coefficient (Wildman–Crippen LogP) is 2.80. The number of aromatic nitrogens is 2. The number of fused-ring (bicyclic) bond motifs is 1. The number of hydrogen-bond donors (Lipinski definition) is 1. The molecule has 2 aromatic rings. The molecule has 0 aliphatic carbocycles. The largest absolute Gasteiger partial charge is 0.379 e. The van der Waals surface area contributed by atoms with Crippen molar-refractivity contribution < 1.29 is 4.74 Å². The van der Waals surface area contributed by atoms with Crippen LogP contribution in [0.2, 0.25) is 5.02 Å². The maximum Gasteiger partial charge on any atom is 0.116 e. The molecule has 20 heavy (non-hydrogen) atoms. The number of hydrogen-bond acceptors (Lipinski definition) is 3. The normalized spacial score (nSPS) is 22.8. The van der Waals surface area contributed by atoms with Crippen molar-refractivity contribution in [3.8, 4) is 0 Å². The topological polar surface area (TPSA) is 39.1 Å². The molecular weight excluding hydrogens is 274 g/mol. The molecule has 2 unspecified atom stereocenters. The highest BCUT2D eigenvalue weighted by Gasteiger charge is 2.32. The average Bonchev–Trinajstić information content (AvgIpc) is 3.03. The minimum Gasteiger partial charge on any atom is -0.379 e. The molecule has 1 saturated heterocycles. The Balaban J connectivity index is 2.11. The third-order valence-electron chi connectivity index (χ3n) is 3.97. The van der Waals surface area contributed by atoms with Gasteiger partial charge in [-0.1, -0.05) is 18.5 Å². The van der Waals surface area contributed by atoms with Crippen LogP contribution in [0.25, 0.3) is 11.0 Å². The summed E-state index contributed by atoms with van der Waals surface area (Å²) in [5.41, 5.74) is 2.13. The van der Waals surface area contributed by atoms with Crippen LogP contribution in [0.1, 0.15) is 25.1 Å². The second kappa shape index (κ2) is 5.72. The monoisotopic (exact) mass is 293 g/mol. The SMILES string of the molecule is CCCn1c(C2COCC2NC)nc2cc(Cl)ccc21. The van der Waals surface area contributed by atoms with E-state index in [-0.39, 0.29) is 0 Å². The number of nitrogens with one attached hydrogen (secondary N) is 1. The lowest BCUT2D eigenvalue weighted by Crippen LogP contribution is -2.32. The predicted molar refractivity (Wildman–Crippen MR) is 81.4 cm³/mol.